The second-order valence-corrected chi connectivity index (χ2v) is 4.56. The van der Waals surface area contributed by atoms with Crippen molar-refractivity contribution < 1.29 is 13.2 Å². The molecular weight excluding hydrogens is 317 g/mol. The molecule has 0 spiro atoms. The number of aromatic nitrogens is 1. The van der Waals surface area contributed by atoms with Crippen LogP contribution in [0.3, 0.4) is 0 Å². The van der Waals surface area contributed by atoms with Crippen molar-refractivity contribution in [2.24, 2.45) is 5.10 Å². The van der Waals surface area contributed by atoms with Gasteiger partial charge in [0.2, 0.25) is 0 Å². The van der Waals surface area contributed by atoms with E-state index in [1.165, 1.54) is 6.21 Å². The van der Waals surface area contributed by atoms with Gasteiger partial charge in [-0.15, -0.1) is 0 Å². The Morgan fingerprint density at radius 1 is 1.27 bits per heavy atom. The van der Waals surface area contributed by atoms with Crippen LogP contribution < -0.4 is 5.43 Å². The fourth-order valence-electron chi connectivity index (χ4n) is 1.49. The summed E-state index contributed by atoms with van der Waals surface area (Å²) in [6, 6.07) is 9.33. The van der Waals surface area contributed by atoms with Crippen LogP contribution in [0.4, 0.5) is 19.0 Å². The third-order valence-electron chi connectivity index (χ3n) is 2.59. The minimum Gasteiger partial charge on any atom is -0.260 e. The molecule has 0 fully saturated rings. The number of benzene rings is 1. The van der Waals surface area contributed by atoms with Crippen LogP contribution in [0.15, 0.2) is 41.6 Å². The summed E-state index contributed by atoms with van der Waals surface area (Å²) in [6.07, 6.45) is -2.40. The maximum atomic E-state index is 12.5. The van der Waals surface area contributed by atoms with Crippen LogP contribution in [0.2, 0.25) is 5.02 Å². The van der Waals surface area contributed by atoms with Crippen LogP contribution in [-0.2, 0) is 6.18 Å². The topological polar surface area (TPSA) is 61.1 Å². The summed E-state index contributed by atoms with van der Waals surface area (Å²) in [4.78, 5) is 3.58. The highest BCUT2D eigenvalue weighted by atomic mass is 35.5. The number of halogens is 4. The van der Waals surface area contributed by atoms with Crippen molar-refractivity contribution in [3.8, 4) is 6.07 Å². The minimum atomic E-state index is -4.50. The maximum Gasteiger partial charge on any atom is 0.417 e. The molecule has 8 heteroatoms. The molecule has 1 heterocycles. The monoisotopic (exact) mass is 324 g/mol. The zero-order valence-corrected chi connectivity index (χ0v) is 11.7. The lowest BCUT2D eigenvalue weighted by Gasteiger charge is -2.08. The van der Waals surface area contributed by atoms with Crippen molar-refractivity contribution in [2.45, 2.75) is 6.18 Å². The van der Waals surface area contributed by atoms with E-state index in [1.54, 1.807) is 24.3 Å². The van der Waals surface area contributed by atoms with Crippen LogP contribution in [0.25, 0.3) is 0 Å². The van der Waals surface area contributed by atoms with Crippen molar-refractivity contribution >= 4 is 23.6 Å². The molecule has 4 nitrogen and oxygen atoms in total. The second kappa shape index (κ2) is 6.45. The normalized spacial score (nSPS) is 11.4. The van der Waals surface area contributed by atoms with Gasteiger partial charge >= 0.3 is 6.18 Å². The van der Waals surface area contributed by atoms with Crippen LogP contribution >= 0.6 is 11.6 Å². The predicted octanol–water partition coefficient (Wildman–Crippen LogP) is 4.07. The van der Waals surface area contributed by atoms with Gasteiger partial charge in [-0.05, 0) is 23.8 Å². The van der Waals surface area contributed by atoms with Crippen LogP contribution in [0, 0.1) is 11.3 Å². The number of pyridine rings is 1. The van der Waals surface area contributed by atoms with E-state index in [-0.39, 0.29) is 10.8 Å². The summed E-state index contributed by atoms with van der Waals surface area (Å²) in [7, 11) is 0. The fraction of sp³-hybridized carbons (Fsp3) is 0.0714. The molecule has 0 aliphatic heterocycles. The molecule has 0 aliphatic rings. The highest BCUT2D eigenvalue weighted by Crippen LogP contribution is 2.32. The molecule has 2 rings (SSSR count). The third kappa shape index (κ3) is 3.96. The molecule has 22 heavy (non-hydrogen) atoms. The number of nitrogens with zero attached hydrogens (tertiary/aromatic N) is 3. The van der Waals surface area contributed by atoms with Gasteiger partial charge < -0.3 is 0 Å². The average molecular weight is 325 g/mol. The molecule has 1 aromatic heterocycles. The van der Waals surface area contributed by atoms with Crippen molar-refractivity contribution in [3.05, 3.63) is 58.2 Å². The average Bonchev–Trinajstić information content (AvgIpc) is 2.48. The van der Waals surface area contributed by atoms with Gasteiger partial charge in [0.25, 0.3) is 0 Å². The molecule has 0 aliphatic carbocycles. The fourth-order valence-corrected chi connectivity index (χ4v) is 1.70. The number of rotatable bonds is 3. The summed E-state index contributed by atoms with van der Waals surface area (Å²) in [5.74, 6) is 0.0135. The van der Waals surface area contributed by atoms with Gasteiger partial charge in [-0.1, -0.05) is 23.7 Å². The first-order chi connectivity index (χ1) is 10.4. The van der Waals surface area contributed by atoms with Gasteiger partial charge in [-0.3, -0.25) is 5.43 Å². The van der Waals surface area contributed by atoms with E-state index in [9.17, 15) is 13.2 Å². The van der Waals surface area contributed by atoms with Gasteiger partial charge in [-0.25, -0.2) is 4.98 Å². The number of nitrogens with one attached hydrogen (secondary N) is 1. The van der Waals surface area contributed by atoms with Gasteiger partial charge in [0.15, 0.2) is 5.82 Å². The Hall–Kier alpha value is -2.59. The smallest absolute Gasteiger partial charge is 0.260 e. The highest BCUT2D eigenvalue weighted by molar-refractivity contribution is 6.32. The Bertz CT molecular complexity index is 733. The van der Waals surface area contributed by atoms with E-state index in [2.05, 4.69) is 15.5 Å². The molecular formula is C14H8ClF3N4. The van der Waals surface area contributed by atoms with E-state index in [1.807, 2.05) is 6.07 Å². The second-order valence-electron chi connectivity index (χ2n) is 4.16. The van der Waals surface area contributed by atoms with E-state index >= 15 is 0 Å². The summed E-state index contributed by atoms with van der Waals surface area (Å²) in [5, 5.41) is 12.3. The van der Waals surface area contributed by atoms with Crippen molar-refractivity contribution in [3.63, 3.8) is 0 Å². The number of hydrogen-bond donors (Lipinski definition) is 1. The molecule has 112 valence electrons. The zero-order valence-electron chi connectivity index (χ0n) is 10.9. The predicted molar refractivity (Wildman–Crippen MR) is 76.6 cm³/mol. The Morgan fingerprint density at radius 2 is 1.95 bits per heavy atom. The lowest BCUT2D eigenvalue weighted by molar-refractivity contribution is -0.137. The third-order valence-corrected chi connectivity index (χ3v) is 2.88. The quantitative estimate of drug-likeness (QED) is 0.684. The largest absolute Gasteiger partial charge is 0.417 e. The van der Waals surface area contributed by atoms with Crippen molar-refractivity contribution in [1.29, 1.82) is 5.26 Å². The van der Waals surface area contributed by atoms with E-state index in [0.717, 1.165) is 6.07 Å². The number of anilines is 1. The van der Waals surface area contributed by atoms with Crippen molar-refractivity contribution in [2.75, 3.05) is 5.43 Å². The number of nitriles is 1. The summed E-state index contributed by atoms with van der Waals surface area (Å²) >= 11 is 5.72. The Balaban J connectivity index is 2.08. The lowest BCUT2D eigenvalue weighted by Crippen LogP contribution is -2.06. The molecule has 1 N–H and O–H groups in total. The first-order valence-corrected chi connectivity index (χ1v) is 6.30. The number of alkyl halides is 3. The SMILES string of the molecule is N#Cc1ccc(C=NNc2ncc(C(F)(F)F)cc2Cl)cc1. The highest BCUT2D eigenvalue weighted by Gasteiger charge is 2.31. The molecule has 2 aromatic rings. The lowest BCUT2D eigenvalue weighted by atomic mass is 10.2. The van der Waals surface area contributed by atoms with Crippen LogP contribution in [0.5, 0.6) is 0 Å². The van der Waals surface area contributed by atoms with Crippen molar-refractivity contribution in [1.82, 2.24) is 4.98 Å². The standard InChI is InChI=1S/C14H8ClF3N4/c15-12-5-11(14(16,17)18)8-20-13(12)22-21-7-10-3-1-9(6-19)2-4-10/h1-5,7-8H,(H,20,22). The molecule has 0 bridgehead atoms. The molecule has 0 radical (unpaired) electrons. The summed E-state index contributed by atoms with van der Waals surface area (Å²) in [6.45, 7) is 0. The first kappa shape index (κ1) is 15.8. The number of hydrogen-bond acceptors (Lipinski definition) is 4. The van der Waals surface area contributed by atoms with Gasteiger partial charge in [0, 0.05) is 6.20 Å². The Kier molecular flexibility index (Phi) is 4.63. The summed E-state index contributed by atoms with van der Waals surface area (Å²) in [5.41, 5.74) is 2.75. The molecule has 0 atom stereocenters. The maximum absolute atomic E-state index is 12.5. The van der Waals surface area contributed by atoms with Crippen LogP contribution in [-0.4, -0.2) is 11.2 Å². The van der Waals surface area contributed by atoms with E-state index in [0.29, 0.717) is 17.3 Å². The Labute approximate surface area is 128 Å². The number of hydrazone groups is 1. The molecule has 0 saturated heterocycles. The zero-order chi connectivity index (χ0) is 16.2. The van der Waals surface area contributed by atoms with Gasteiger partial charge in [-0.2, -0.15) is 23.5 Å². The van der Waals surface area contributed by atoms with Gasteiger partial charge in [0.05, 0.1) is 28.4 Å². The molecule has 1 aromatic carbocycles. The molecule has 0 amide bonds. The van der Waals surface area contributed by atoms with Gasteiger partial charge in [0.1, 0.15) is 0 Å². The van der Waals surface area contributed by atoms with E-state index < -0.39 is 11.7 Å². The van der Waals surface area contributed by atoms with E-state index in [4.69, 9.17) is 16.9 Å². The minimum absolute atomic E-state index is 0.0135. The molecule has 0 unspecified atom stereocenters. The first-order valence-electron chi connectivity index (χ1n) is 5.92. The summed E-state index contributed by atoms with van der Waals surface area (Å²) < 4.78 is 37.4. The Morgan fingerprint density at radius 3 is 2.50 bits per heavy atom. The molecule has 0 saturated carbocycles. The van der Waals surface area contributed by atoms with Crippen LogP contribution in [0.1, 0.15) is 16.7 Å².